The summed E-state index contributed by atoms with van der Waals surface area (Å²) in [7, 11) is 0. The average Bonchev–Trinajstić information content (AvgIpc) is 3.23. The molecule has 0 atom stereocenters. The van der Waals surface area contributed by atoms with Crippen molar-refractivity contribution in [3.05, 3.63) is 66.8 Å². The van der Waals surface area contributed by atoms with Gasteiger partial charge in [-0.1, -0.05) is 11.6 Å². The molecule has 0 aliphatic heterocycles. The van der Waals surface area contributed by atoms with Crippen LogP contribution < -0.4 is 0 Å². The third kappa shape index (κ3) is 3.61. The van der Waals surface area contributed by atoms with E-state index in [4.69, 9.17) is 16.3 Å². The zero-order valence-corrected chi connectivity index (χ0v) is 14.4. The van der Waals surface area contributed by atoms with Gasteiger partial charge in [0.1, 0.15) is 11.6 Å². The van der Waals surface area contributed by atoms with E-state index in [-0.39, 0.29) is 22.9 Å². The highest BCUT2D eigenvalue weighted by Crippen LogP contribution is 2.27. The summed E-state index contributed by atoms with van der Waals surface area (Å²) in [5.41, 5.74) is 1.56. The summed E-state index contributed by atoms with van der Waals surface area (Å²) >= 11 is 8.95. The molecule has 0 spiro atoms. The molecule has 0 fully saturated rings. The molecule has 0 aliphatic carbocycles. The molecule has 0 saturated heterocycles. The lowest BCUT2D eigenvalue weighted by Crippen LogP contribution is -2.06. The van der Waals surface area contributed by atoms with Crippen LogP contribution in [0, 0.1) is 10.1 Å². The van der Waals surface area contributed by atoms with Crippen molar-refractivity contribution in [2.45, 2.75) is 6.61 Å². The molecule has 2 heterocycles. The van der Waals surface area contributed by atoms with Crippen molar-refractivity contribution in [1.29, 1.82) is 0 Å². The largest absolute Gasteiger partial charge is 0.456 e. The van der Waals surface area contributed by atoms with Crippen molar-refractivity contribution in [3.8, 4) is 10.6 Å². The van der Waals surface area contributed by atoms with Crippen LogP contribution in [0.2, 0.25) is 5.02 Å². The first kappa shape index (κ1) is 16.6. The number of benzene rings is 1. The molecule has 3 aromatic rings. The predicted molar refractivity (Wildman–Crippen MR) is 92.7 cm³/mol. The van der Waals surface area contributed by atoms with E-state index >= 15 is 0 Å². The lowest BCUT2D eigenvalue weighted by atomic mass is 10.2. The number of carbonyl (C=O) groups excluding carboxylic acids is 1. The Balaban J connectivity index is 1.66. The van der Waals surface area contributed by atoms with Gasteiger partial charge >= 0.3 is 5.97 Å². The molecule has 0 aliphatic rings. The third-order valence-corrected chi connectivity index (χ3v) is 4.99. The minimum absolute atomic E-state index is 0.00673. The first-order valence-corrected chi connectivity index (χ1v) is 8.82. The van der Waals surface area contributed by atoms with Crippen LogP contribution in [0.1, 0.15) is 16.1 Å². The van der Waals surface area contributed by atoms with Crippen molar-refractivity contribution < 1.29 is 14.5 Å². The number of nitro benzene ring substituents is 1. The fraction of sp³-hybridized carbons (Fsp3) is 0.0667. The number of esters is 1. The fourth-order valence-corrected chi connectivity index (χ4v) is 3.66. The smallest absolute Gasteiger partial charge is 0.340 e. The van der Waals surface area contributed by atoms with Crippen molar-refractivity contribution in [2.24, 2.45) is 0 Å². The van der Waals surface area contributed by atoms with Crippen molar-refractivity contribution in [1.82, 2.24) is 4.98 Å². The Morgan fingerprint density at radius 2 is 2.17 bits per heavy atom. The molecule has 0 amide bonds. The molecule has 6 nitrogen and oxygen atoms in total. The number of non-ortho nitro benzene ring substituents is 1. The number of halogens is 1. The molecule has 0 N–H and O–H groups in total. The summed E-state index contributed by atoms with van der Waals surface area (Å²) in [6, 6.07) is 5.58. The van der Waals surface area contributed by atoms with E-state index in [9.17, 15) is 14.9 Å². The molecule has 0 bridgehead atoms. The van der Waals surface area contributed by atoms with E-state index in [2.05, 4.69) is 4.98 Å². The third-order valence-electron chi connectivity index (χ3n) is 3.05. The van der Waals surface area contributed by atoms with Gasteiger partial charge in [0.2, 0.25) is 0 Å². The minimum atomic E-state index is -0.653. The van der Waals surface area contributed by atoms with Gasteiger partial charge in [-0.05, 0) is 17.5 Å². The van der Waals surface area contributed by atoms with Crippen LogP contribution in [0.15, 0.2) is 40.4 Å². The SMILES string of the molecule is O=C(OCc1csc(-c2ccsc2)n1)c1ccc([N+](=O)[O-])cc1Cl. The van der Waals surface area contributed by atoms with E-state index in [0.29, 0.717) is 5.69 Å². The van der Waals surface area contributed by atoms with Crippen LogP contribution in [0.3, 0.4) is 0 Å². The van der Waals surface area contributed by atoms with E-state index in [1.807, 2.05) is 22.2 Å². The fourth-order valence-electron chi connectivity index (χ4n) is 1.89. The zero-order valence-electron chi connectivity index (χ0n) is 12.0. The van der Waals surface area contributed by atoms with Crippen LogP contribution in [-0.2, 0) is 11.3 Å². The number of nitrogens with zero attached hydrogens (tertiary/aromatic N) is 2. The lowest BCUT2D eigenvalue weighted by molar-refractivity contribution is -0.384. The first-order valence-electron chi connectivity index (χ1n) is 6.62. The highest BCUT2D eigenvalue weighted by molar-refractivity contribution is 7.14. The van der Waals surface area contributed by atoms with Gasteiger partial charge in [0.25, 0.3) is 5.69 Å². The number of thiophene rings is 1. The van der Waals surface area contributed by atoms with Gasteiger partial charge in [-0.15, -0.1) is 11.3 Å². The molecule has 0 radical (unpaired) electrons. The van der Waals surface area contributed by atoms with Crippen molar-refractivity contribution >= 4 is 45.9 Å². The molecule has 122 valence electrons. The summed E-state index contributed by atoms with van der Waals surface area (Å²) < 4.78 is 5.18. The standard InChI is InChI=1S/C15H9ClN2O4S2/c16-13-5-11(18(20)21)1-2-12(13)15(19)22-6-10-8-24-14(17-10)9-3-4-23-7-9/h1-5,7-8H,6H2. The number of aromatic nitrogens is 1. The second-order valence-electron chi connectivity index (χ2n) is 4.65. The highest BCUT2D eigenvalue weighted by atomic mass is 35.5. The first-order chi connectivity index (χ1) is 11.5. The van der Waals surface area contributed by atoms with Gasteiger partial charge in [-0.3, -0.25) is 10.1 Å². The maximum absolute atomic E-state index is 12.1. The Morgan fingerprint density at radius 3 is 2.83 bits per heavy atom. The predicted octanol–water partition coefficient (Wildman–Crippen LogP) is 4.79. The monoisotopic (exact) mass is 380 g/mol. The van der Waals surface area contributed by atoms with Crippen LogP contribution in [0.4, 0.5) is 5.69 Å². The number of rotatable bonds is 5. The molecule has 9 heteroatoms. The van der Waals surface area contributed by atoms with Crippen LogP contribution in [0.25, 0.3) is 10.6 Å². The Bertz CT molecular complexity index is 893. The van der Waals surface area contributed by atoms with E-state index in [1.54, 1.807) is 11.3 Å². The number of carbonyl (C=O) groups is 1. The van der Waals surface area contributed by atoms with E-state index in [0.717, 1.165) is 16.6 Å². The summed E-state index contributed by atoms with van der Waals surface area (Å²) in [6.45, 7) is 0.00673. The normalized spacial score (nSPS) is 10.5. The maximum atomic E-state index is 12.1. The van der Waals surface area contributed by atoms with Crippen LogP contribution >= 0.6 is 34.3 Å². The summed E-state index contributed by atoms with van der Waals surface area (Å²) in [4.78, 5) is 26.5. The lowest BCUT2D eigenvalue weighted by Gasteiger charge is -2.04. The van der Waals surface area contributed by atoms with Gasteiger partial charge in [0.05, 0.1) is 21.2 Å². The number of hydrogen-bond acceptors (Lipinski definition) is 7. The van der Waals surface area contributed by atoms with E-state index in [1.165, 1.54) is 23.5 Å². The molecule has 24 heavy (non-hydrogen) atoms. The Kier molecular flexibility index (Phi) is 4.89. The average molecular weight is 381 g/mol. The number of hydrogen-bond donors (Lipinski definition) is 0. The van der Waals surface area contributed by atoms with Crippen molar-refractivity contribution in [3.63, 3.8) is 0 Å². The molecule has 3 rings (SSSR count). The quantitative estimate of drug-likeness (QED) is 0.361. The van der Waals surface area contributed by atoms with Crippen molar-refractivity contribution in [2.75, 3.05) is 0 Å². The van der Waals surface area contributed by atoms with Gasteiger partial charge in [-0.25, -0.2) is 9.78 Å². The molecular formula is C15H9ClN2O4S2. The second kappa shape index (κ2) is 7.08. The Hall–Kier alpha value is -2.29. The minimum Gasteiger partial charge on any atom is -0.456 e. The zero-order chi connectivity index (χ0) is 17.1. The molecular weight excluding hydrogens is 372 g/mol. The number of nitro groups is 1. The Morgan fingerprint density at radius 1 is 1.33 bits per heavy atom. The van der Waals surface area contributed by atoms with Crippen LogP contribution in [0.5, 0.6) is 0 Å². The van der Waals surface area contributed by atoms with Gasteiger partial charge in [0.15, 0.2) is 0 Å². The summed E-state index contributed by atoms with van der Waals surface area (Å²) in [5.74, 6) is -0.653. The number of ether oxygens (including phenoxy) is 1. The van der Waals surface area contributed by atoms with Gasteiger partial charge in [0, 0.05) is 28.5 Å². The molecule has 2 aromatic heterocycles. The highest BCUT2D eigenvalue weighted by Gasteiger charge is 2.16. The molecule has 0 unspecified atom stereocenters. The topological polar surface area (TPSA) is 82.3 Å². The second-order valence-corrected chi connectivity index (χ2v) is 6.70. The summed E-state index contributed by atoms with van der Waals surface area (Å²) in [5, 5.41) is 17.3. The summed E-state index contributed by atoms with van der Waals surface area (Å²) in [6.07, 6.45) is 0. The Labute approximate surface area is 149 Å². The van der Waals surface area contributed by atoms with E-state index < -0.39 is 10.9 Å². The molecule has 0 saturated carbocycles. The molecule has 1 aromatic carbocycles. The van der Waals surface area contributed by atoms with Gasteiger partial charge in [-0.2, -0.15) is 11.3 Å². The van der Waals surface area contributed by atoms with Crippen LogP contribution in [-0.4, -0.2) is 15.9 Å². The van der Waals surface area contributed by atoms with Gasteiger partial charge < -0.3 is 4.74 Å². The number of thiazole rings is 1. The maximum Gasteiger partial charge on any atom is 0.340 e.